The normalized spacial score (nSPS) is 16.4. The lowest BCUT2D eigenvalue weighted by Crippen LogP contribution is -2.37. The molecule has 108 valence electrons. The van der Waals surface area contributed by atoms with Crippen LogP contribution in [0.1, 0.15) is 35.3 Å². The zero-order valence-electron chi connectivity index (χ0n) is 11.5. The van der Waals surface area contributed by atoms with Crippen LogP contribution in [-0.2, 0) is 0 Å². The van der Waals surface area contributed by atoms with Gasteiger partial charge in [0, 0.05) is 19.3 Å². The highest BCUT2D eigenvalue weighted by Gasteiger charge is 2.10. The van der Waals surface area contributed by atoms with Gasteiger partial charge in [-0.05, 0) is 38.1 Å². The number of oxime groups is 1. The zero-order valence-corrected chi connectivity index (χ0v) is 11.5. The molecular formula is C14H20N4O2. The fraction of sp³-hybridized carbons (Fsp3) is 0.500. The minimum absolute atomic E-state index is 0.123. The number of aromatic nitrogens is 1. The van der Waals surface area contributed by atoms with E-state index in [0.717, 1.165) is 19.6 Å². The number of carbonyl (C=O) groups excluding carboxylic acids is 1. The minimum Gasteiger partial charge on any atom is -0.411 e. The third kappa shape index (κ3) is 4.31. The summed E-state index contributed by atoms with van der Waals surface area (Å²) < 4.78 is 0. The number of amides is 1. The first-order valence-corrected chi connectivity index (χ1v) is 6.93. The van der Waals surface area contributed by atoms with Crippen LogP contribution in [0, 0.1) is 0 Å². The van der Waals surface area contributed by atoms with Crippen molar-refractivity contribution in [3.8, 4) is 0 Å². The van der Waals surface area contributed by atoms with Gasteiger partial charge in [-0.15, -0.1) is 0 Å². The number of nitrogens with one attached hydrogen (secondary N) is 1. The highest BCUT2D eigenvalue weighted by Crippen LogP contribution is 2.07. The van der Waals surface area contributed by atoms with E-state index < -0.39 is 0 Å². The lowest BCUT2D eigenvalue weighted by atomic mass is 10.1. The number of rotatable bonds is 5. The van der Waals surface area contributed by atoms with Crippen LogP contribution in [0.15, 0.2) is 23.5 Å². The topological polar surface area (TPSA) is 77.8 Å². The molecule has 1 aliphatic rings. The average Bonchev–Trinajstić information content (AvgIpc) is 2.49. The van der Waals surface area contributed by atoms with Gasteiger partial charge in [-0.1, -0.05) is 11.6 Å². The number of carbonyl (C=O) groups is 1. The van der Waals surface area contributed by atoms with Crippen LogP contribution in [0.2, 0.25) is 0 Å². The van der Waals surface area contributed by atoms with Gasteiger partial charge in [-0.3, -0.25) is 9.78 Å². The molecule has 2 rings (SSSR count). The minimum atomic E-state index is -0.123. The second-order valence-electron chi connectivity index (χ2n) is 4.87. The van der Waals surface area contributed by atoms with Gasteiger partial charge in [0.05, 0.1) is 17.5 Å². The summed E-state index contributed by atoms with van der Waals surface area (Å²) >= 11 is 0. The molecule has 0 unspecified atom stereocenters. The molecule has 0 spiro atoms. The molecule has 0 radical (unpaired) electrons. The largest absolute Gasteiger partial charge is 0.411 e. The Labute approximate surface area is 118 Å². The van der Waals surface area contributed by atoms with Crippen molar-refractivity contribution >= 4 is 12.1 Å². The van der Waals surface area contributed by atoms with Gasteiger partial charge in [0.2, 0.25) is 0 Å². The van der Waals surface area contributed by atoms with Crippen LogP contribution in [0.3, 0.4) is 0 Å². The molecule has 0 aliphatic carbocycles. The highest BCUT2D eigenvalue weighted by atomic mass is 16.4. The van der Waals surface area contributed by atoms with Crippen molar-refractivity contribution in [1.29, 1.82) is 0 Å². The van der Waals surface area contributed by atoms with Crippen LogP contribution in [-0.4, -0.2) is 53.4 Å². The Morgan fingerprint density at radius 2 is 2.20 bits per heavy atom. The monoisotopic (exact) mass is 276 g/mol. The van der Waals surface area contributed by atoms with Gasteiger partial charge in [0.15, 0.2) is 0 Å². The molecule has 1 saturated heterocycles. The molecule has 2 N–H and O–H groups in total. The van der Waals surface area contributed by atoms with Crippen molar-refractivity contribution in [2.45, 2.75) is 19.3 Å². The summed E-state index contributed by atoms with van der Waals surface area (Å²) in [6, 6.07) is 3.31. The van der Waals surface area contributed by atoms with Crippen molar-refractivity contribution in [3.05, 3.63) is 29.6 Å². The van der Waals surface area contributed by atoms with E-state index in [1.54, 1.807) is 12.1 Å². The van der Waals surface area contributed by atoms with Gasteiger partial charge in [-0.2, -0.15) is 0 Å². The standard InChI is InChI=1S/C14H20N4O2/c19-14(12-4-5-13(11-17-20)16-10-12)15-6-9-18-7-2-1-3-8-18/h4-5,10-11,20H,1-3,6-9H2,(H,15,19)/b17-11-. The molecule has 1 fully saturated rings. The lowest BCUT2D eigenvalue weighted by molar-refractivity contribution is 0.0946. The number of nitrogens with zero attached hydrogens (tertiary/aromatic N) is 3. The second kappa shape index (κ2) is 7.59. The quantitative estimate of drug-likeness (QED) is 0.480. The molecule has 20 heavy (non-hydrogen) atoms. The Morgan fingerprint density at radius 3 is 2.85 bits per heavy atom. The molecule has 1 amide bonds. The summed E-state index contributed by atoms with van der Waals surface area (Å²) in [5.74, 6) is -0.123. The predicted molar refractivity (Wildman–Crippen MR) is 76.2 cm³/mol. The van der Waals surface area contributed by atoms with Gasteiger partial charge in [0.25, 0.3) is 5.91 Å². The fourth-order valence-corrected chi connectivity index (χ4v) is 2.29. The first-order chi connectivity index (χ1) is 9.79. The van der Waals surface area contributed by atoms with E-state index in [9.17, 15) is 4.79 Å². The maximum atomic E-state index is 11.9. The van der Waals surface area contributed by atoms with Crippen LogP contribution >= 0.6 is 0 Å². The molecule has 1 aromatic heterocycles. The van der Waals surface area contributed by atoms with E-state index >= 15 is 0 Å². The van der Waals surface area contributed by atoms with Crippen molar-refractivity contribution in [2.75, 3.05) is 26.2 Å². The van der Waals surface area contributed by atoms with Crippen molar-refractivity contribution in [3.63, 3.8) is 0 Å². The Morgan fingerprint density at radius 1 is 1.40 bits per heavy atom. The fourth-order valence-electron chi connectivity index (χ4n) is 2.29. The second-order valence-corrected chi connectivity index (χ2v) is 4.87. The summed E-state index contributed by atoms with van der Waals surface area (Å²) in [6.07, 6.45) is 6.53. The Hall–Kier alpha value is -1.95. The maximum absolute atomic E-state index is 11.9. The van der Waals surface area contributed by atoms with E-state index in [1.165, 1.54) is 31.7 Å². The zero-order chi connectivity index (χ0) is 14.2. The molecule has 0 saturated carbocycles. The molecule has 1 aromatic rings. The molecule has 6 heteroatoms. The summed E-state index contributed by atoms with van der Waals surface area (Å²) in [6.45, 7) is 3.81. The Balaban J connectivity index is 1.76. The van der Waals surface area contributed by atoms with Crippen molar-refractivity contribution < 1.29 is 10.0 Å². The van der Waals surface area contributed by atoms with Crippen LogP contribution in [0.4, 0.5) is 0 Å². The smallest absolute Gasteiger partial charge is 0.252 e. The molecule has 6 nitrogen and oxygen atoms in total. The summed E-state index contributed by atoms with van der Waals surface area (Å²) in [4.78, 5) is 18.3. The Kier molecular flexibility index (Phi) is 5.49. The number of likely N-dealkylation sites (tertiary alicyclic amines) is 1. The van der Waals surface area contributed by atoms with Gasteiger partial charge < -0.3 is 15.4 Å². The van der Waals surface area contributed by atoms with Gasteiger partial charge in [0.1, 0.15) is 0 Å². The molecule has 1 aliphatic heterocycles. The van der Waals surface area contributed by atoms with Crippen molar-refractivity contribution in [2.24, 2.45) is 5.16 Å². The third-order valence-corrected chi connectivity index (χ3v) is 3.40. The van der Waals surface area contributed by atoms with Crippen LogP contribution in [0.5, 0.6) is 0 Å². The molecule has 0 atom stereocenters. The molecule has 0 aromatic carbocycles. The number of pyridine rings is 1. The van der Waals surface area contributed by atoms with Gasteiger partial charge >= 0.3 is 0 Å². The average molecular weight is 276 g/mol. The first-order valence-electron chi connectivity index (χ1n) is 6.93. The van der Waals surface area contributed by atoms with E-state index in [2.05, 4.69) is 20.4 Å². The summed E-state index contributed by atoms with van der Waals surface area (Å²) in [7, 11) is 0. The van der Waals surface area contributed by atoms with E-state index in [-0.39, 0.29) is 5.91 Å². The summed E-state index contributed by atoms with van der Waals surface area (Å²) in [5.41, 5.74) is 1.02. The maximum Gasteiger partial charge on any atom is 0.252 e. The first kappa shape index (κ1) is 14.5. The van der Waals surface area contributed by atoms with E-state index in [1.807, 2.05) is 0 Å². The predicted octanol–water partition coefficient (Wildman–Crippen LogP) is 1.11. The number of hydrogen-bond acceptors (Lipinski definition) is 5. The van der Waals surface area contributed by atoms with E-state index in [4.69, 9.17) is 5.21 Å². The SMILES string of the molecule is O=C(NCCN1CCCCC1)c1ccc(/C=N\O)nc1. The van der Waals surface area contributed by atoms with Crippen LogP contribution in [0.25, 0.3) is 0 Å². The van der Waals surface area contributed by atoms with E-state index in [0.29, 0.717) is 17.8 Å². The van der Waals surface area contributed by atoms with Gasteiger partial charge in [-0.25, -0.2) is 0 Å². The summed E-state index contributed by atoms with van der Waals surface area (Å²) in [5, 5.41) is 14.2. The molecule has 2 heterocycles. The lowest BCUT2D eigenvalue weighted by Gasteiger charge is -2.26. The highest BCUT2D eigenvalue weighted by molar-refractivity contribution is 5.94. The third-order valence-electron chi connectivity index (χ3n) is 3.40. The number of hydrogen-bond donors (Lipinski definition) is 2. The van der Waals surface area contributed by atoms with Crippen LogP contribution < -0.4 is 5.32 Å². The number of piperidine rings is 1. The Bertz CT molecular complexity index is 453. The van der Waals surface area contributed by atoms with Crippen molar-refractivity contribution in [1.82, 2.24) is 15.2 Å². The molecular weight excluding hydrogens is 256 g/mol. The molecule has 0 bridgehead atoms.